The van der Waals surface area contributed by atoms with Crippen LogP contribution in [0, 0.1) is 11.8 Å². The maximum Gasteiger partial charge on any atom is 0.338 e. The summed E-state index contributed by atoms with van der Waals surface area (Å²) in [6.07, 6.45) is 5.33. The van der Waals surface area contributed by atoms with Gasteiger partial charge in [0.25, 0.3) is 0 Å². The number of hydrogen-bond donors (Lipinski definition) is 2. The van der Waals surface area contributed by atoms with Gasteiger partial charge in [-0.1, -0.05) is 37.1 Å². The molecule has 0 bridgehead atoms. The molecule has 0 saturated carbocycles. The van der Waals surface area contributed by atoms with Crippen LogP contribution in [0.4, 0.5) is 0 Å². The number of aromatic hydroxyl groups is 1. The number of esters is 1. The number of carbonyl (C=O) groups is 1. The molecular weight excluding hydrogens is 356 g/mol. The quantitative estimate of drug-likeness (QED) is 0.581. The molecule has 0 spiro atoms. The molecule has 0 fully saturated rings. The lowest BCUT2D eigenvalue weighted by Crippen LogP contribution is -2.38. The molecular formula is C23H32O5. The predicted octanol–water partition coefficient (Wildman–Crippen LogP) is 4.64. The van der Waals surface area contributed by atoms with Crippen LogP contribution in [0.1, 0.15) is 57.3 Å². The summed E-state index contributed by atoms with van der Waals surface area (Å²) in [5.41, 5.74) is 2.59. The Morgan fingerprint density at radius 2 is 1.93 bits per heavy atom. The van der Waals surface area contributed by atoms with E-state index in [1.165, 1.54) is 25.3 Å². The van der Waals surface area contributed by atoms with Crippen molar-refractivity contribution < 1.29 is 24.5 Å². The average molecular weight is 389 g/mol. The minimum Gasteiger partial charge on any atom is -0.504 e. The Hall–Kier alpha value is -2.27. The van der Waals surface area contributed by atoms with Crippen LogP contribution in [0.5, 0.6) is 11.5 Å². The van der Waals surface area contributed by atoms with Crippen molar-refractivity contribution in [3.63, 3.8) is 0 Å². The number of phenolic OH excluding ortho intramolecular Hbond substituents is 1. The van der Waals surface area contributed by atoms with E-state index in [4.69, 9.17) is 9.47 Å². The van der Waals surface area contributed by atoms with E-state index in [9.17, 15) is 15.0 Å². The third kappa shape index (κ3) is 5.61. The molecule has 0 heterocycles. The third-order valence-corrected chi connectivity index (χ3v) is 5.28. The number of benzene rings is 1. The highest BCUT2D eigenvalue weighted by Gasteiger charge is 2.33. The Kier molecular flexibility index (Phi) is 7.69. The average Bonchev–Trinajstić information content (AvgIpc) is 2.61. The Balaban J connectivity index is 2.33. The number of methoxy groups -OCH3 is 1. The first kappa shape index (κ1) is 22.0. The Labute approximate surface area is 167 Å². The molecule has 1 aromatic rings. The number of ether oxygens (including phenoxy) is 2. The van der Waals surface area contributed by atoms with Crippen molar-refractivity contribution in [1.29, 1.82) is 0 Å². The van der Waals surface area contributed by atoms with Crippen molar-refractivity contribution in [3.8, 4) is 11.5 Å². The summed E-state index contributed by atoms with van der Waals surface area (Å²) in [6, 6.07) is 4.38. The van der Waals surface area contributed by atoms with Gasteiger partial charge in [0.1, 0.15) is 6.10 Å². The lowest BCUT2D eigenvalue weighted by molar-refractivity contribution is -0.0217. The topological polar surface area (TPSA) is 76.0 Å². The zero-order chi connectivity index (χ0) is 20.8. The van der Waals surface area contributed by atoms with Gasteiger partial charge in [0.15, 0.2) is 11.5 Å². The van der Waals surface area contributed by atoms with Crippen molar-refractivity contribution >= 4 is 5.97 Å². The molecule has 1 aromatic carbocycles. The lowest BCUT2D eigenvalue weighted by atomic mass is 9.81. The molecule has 28 heavy (non-hydrogen) atoms. The molecule has 0 aromatic heterocycles. The van der Waals surface area contributed by atoms with Crippen LogP contribution in [0.25, 0.3) is 0 Å². The van der Waals surface area contributed by atoms with Crippen LogP contribution in [-0.4, -0.2) is 35.5 Å². The molecule has 1 aliphatic rings. The number of allylic oxidation sites excluding steroid dienone is 2. The second kappa shape index (κ2) is 9.78. The van der Waals surface area contributed by atoms with Gasteiger partial charge < -0.3 is 19.7 Å². The van der Waals surface area contributed by atoms with E-state index in [2.05, 4.69) is 6.08 Å². The molecule has 0 radical (unpaired) electrons. The molecule has 0 unspecified atom stereocenters. The predicted molar refractivity (Wildman–Crippen MR) is 110 cm³/mol. The van der Waals surface area contributed by atoms with Crippen molar-refractivity contribution in [2.24, 2.45) is 11.8 Å². The van der Waals surface area contributed by atoms with E-state index >= 15 is 0 Å². The highest BCUT2D eigenvalue weighted by molar-refractivity contribution is 5.90. The largest absolute Gasteiger partial charge is 0.504 e. The van der Waals surface area contributed by atoms with Gasteiger partial charge in [-0.2, -0.15) is 0 Å². The number of rotatable bonds is 4. The molecule has 2 rings (SSSR count). The van der Waals surface area contributed by atoms with E-state index in [0.29, 0.717) is 12.0 Å². The van der Waals surface area contributed by atoms with Crippen LogP contribution in [-0.2, 0) is 4.74 Å². The van der Waals surface area contributed by atoms with E-state index in [1.807, 2.05) is 33.8 Å². The first-order chi connectivity index (χ1) is 13.2. The second-order valence-electron chi connectivity index (χ2n) is 7.95. The van der Waals surface area contributed by atoms with Crippen LogP contribution < -0.4 is 4.74 Å². The zero-order valence-electron chi connectivity index (χ0n) is 17.4. The maximum atomic E-state index is 12.8. The van der Waals surface area contributed by atoms with Crippen LogP contribution >= 0.6 is 0 Å². The molecule has 154 valence electrons. The van der Waals surface area contributed by atoms with Crippen LogP contribution in [0.15, 0.2) is 41.5 Å². The molecule has 1 aliphatic carbocycles. The van der Waals surface area contributed by atoms with E-state index in [-0.39, 0.29) is 23.3 Å². The Morgan fingerprint density at radius 1 is 1.21 bits per heavy atom. The van der Waals surface area contributed by atoms with Crippen molar-refractivity contribution in [3.05, 3.63) is 47.1 Å². The molecule has 5 heteroatoms. The van der Waals surface area contributed by atoms with Gasteiger partial charge in [0, 0.05) is 12.3 Å². The minimum atomic E-state index is -0.682. The molecule has 2 N–H and O–H groups in total. The fourth-order valence-corrected chi connectivity index (χ4v) is 3.74. The highest BCUT2D eigenvalue weighted by atomic mass is 16.5. The van der Waals surface area contributed by atoms with Crippen molar-refractivity contribution in [1.82, 2.24) is 0 Å². The van der Waals surface area contributed by atoms with E-state index < -0.39 is 18.2 Å². The normalized spacial score (nSPS) is 25.5. The van der Waals surface area contributed by atoms with E-state index in [1.54, 1.807) is 0 Å². The molecule has 0 amide bonds. The van der Waals surface area contributed by atoms with Gasteiger partial charge >= 0.3 is 5.97 Å². The van der Waals surface area contributed by atoms with Gasteiger partial charge in [-0.3, -0.25) is 0 Å². The number of hydrogen-bond acceptors (Lipinski definition) is 5. The van der Waals surface area contributed by atoms with Gasteiger partial charge in [-0.05, 0) is 50.8 Å². The van der Waals surface area contributed by atoms with Crippen molar-refractivity contribution in [2.75, 3.05) is 7.11 Å². The molecule has 0 saturated heterocycles. The van der Waals surface area contributed by atoms with E-state index in [0.717, 1.165) is 24.0 Å². The summed E-state index contributed by atoms with van der Waals surface area (Å²) in [5.74, 6) is -0.410. The fourth-order valence-electron chi connectivity index (χ4n) is 3.74. The minimum absolute atomic E-state index is 0.0346. The lowest BCUT2D eigenvalue weighted by Gasteiger charge is -2.33. The molecule has 0 aliphatic heterocycles. The molecule has 3 atom stereocenters. The smallest absolute Gasteiger partial charge is 0.338 e. The Morgan fingerprint density at radius 3 is 2.57 bits per heavy atom. The Bertz CT molecular complexity index is 747. The number of carbonyl (C=O) groups excluding carboxylic acids is 1. The number of phenols is 1. The van der Waals surface area contributed by atoms with Gasteiger partial charge in [-0.15, -0.1) is 0 Å². The van der Waals surface area contributed by atoms with Gasteiger partial charge in [0.2, 0.25) is 0 Å². The summed E-state index contributed by atoms with van der Waals surface area (Å²) in [7, 11) is 1.43. The third-order valence-electron chi connectivity index (χ3n) is 5.28. The van der Waals surface area contributed by atoms with Crippen LogP contribution in [0.3, 0.4) is 0 Å². The SMILES string of the molecule is COc1cc(C(=O)O[C@H]2CC(C)=CCC/C(C)=C/[C@H](O)[C@@H]2C(C)C)ccc1O. The molecule has 5 nitrogen and oxygen atoms in total. The zero-order valence-corrected chi connectivity index (χ0v) is 17.4. The first-order valence-electron chi connectivity index (χ1n) is 9.82. The van der Waals surface area contributed by atoms with Gasteiger partial charge in [0.05, 0.1) is 18.8 Å². The van der Waals surface area contributed by atoms with Gasteiger partial charge in [-0.25, -0.2) is 4.79 Å². The standard InChI is InChI=1S/C23H32O5/c1-14(2)22-19(25)11-15(3)7-6-8-16(4)12-21(22)28-23(26)17-9-10-18(24)20(13-17)27-5/h8-11,13-14,19,21-22,24-25H,6-7,12H2,1-5H3/b15-11+,16-8?/t19-,21-,22-/m0/s1. The maximum absolute atomic E-state index is 12.8. The summed E-state index contributed by atoms with van der Waals surface area (Å²) in [5, 5.41) is 20.6. The summed E-state index contributed by atoms with van der Waals surface area (Å²) < 4.78 is 11.0. The fraction of sp³-hybridized carbons (Fsp3) is 0.522. The second-order valence-corrected chi connectivity index (χ2v) is 7.95. The summed E-state index contributed by atoms with van der Waals surface area (Å²) >= 11 is 0. The number of aliphatic hydroxyl groups is 1. The first-order valence-corrected chi connectivity index (χ1v) is 9.82. The summed E-state index contributed by atoms with van der Waals surface area (Å²) in [6.45, 7) is 8.13. The van der Waals surface area contributed by atoms with Crippen molar-refractivity contribution in [2.45, 2.75) is 59.2 Å². The summed E-state index contributed by atoms with van der Waals surface area (Å²) in [4.78, 5) is 12.8. The monoisotopic (exact) mass is 388 g/mol. The highest BCUT2D eigenvalue weighted by Crippen LogP contribution is 2.31. The van der Waals surface area contributed by atoms with Crippen LogP contribution in [0.2, 0.25) is 0 Å². The number of aliphatic hydroxyl groups excluding tert-OH is 1.